The van der Waals surface area contributed by atoms with Crippen molar-refractivity contribution < 1.29 is 19.8 Å². The summed E-state index contributed by atoms with van der Waals surface area (Å²) in [5.74, 6) is -1.31. The Morgan fingerprint density at radius 3 is 2.33 bits per heavy atom. The number of nitrogens with two attached hydrogens (primary N) is 2. The summed E-state index contributed by atoms with van der Waals surface area (Å²) in [5.41, 5.74) is 10.7. The van der Waals surface area contributed by atoms with Crippen molar-refractivity contribution in [2.45, 2.75) is 69.5 Å². The number of aliphatic hydroxyl groups excluding tert-OH is 1. The maximum absolute atomic E-state index is 12.0. The topological polar surface area (TPSA) is 127 Å². The van der Waals surface area contributed by atoms with Gasteiger partial charge in [-0.1, -0.05) is 30.3 Å². The van der Waals surface area contributed by atoms with E-state index in [4.69, 9.17) is 11.5 Å². The van der Waals surface area contributed by atoms with Crippen LogP contribution in [0.4, 0.5) is 0 Å². The van der Waals surface area contributed by atoms with Crippen LogP contribution < -0.4 is 11.5 Å². The molecule has 2 atom stereocenters. The molecule has 6 nitrogen and oxygen atoms in total. The highest BCUT2D eigenvalue weighted by atomic mass is 16.3. The number of benzene rings is 1. The molecule has 0 bridgehead atoms. The third kappa shape index (κ3) is 6.63. The van der Waals surface area contributed by atoms with Gasteiger partial charge in [0.25, 0.3) is 0 Å². The summed E-state index contributed by atoms with van der Waals surface area (Å²) in [6, 6.07) is 9.84. The van der Waals surface area contributed by atoms with Crippen molar-refractivity contribution in [3.8, 4) is 0 Å². The highest BCUT2D eigenvalue weighted by molar-refractivity contribution is 5.78. The lowest BCUT2D eigenvalue weighted by Crippen LogP contribution is -2.49. The Bertz CT molecular complexity index is 612. The highest BCUT2D eigenvalue weighted by Gasteiger charge is 2.43. The second kappa shape index (κ2) is 9.85. The molecule has 2 amide bonds. The number of aliphatic hydroxyl groups is 2. The van der Waals surface area contributed by atoms with Crippen molar-refractivity contribution in [1.82, 2.24) is 0 Å². The molecule has 1 aliphatic rings. The van der Waals surface area contributed by atoms with E-state index < -0.39 is 23.5 Å². The fourth-order valence-corrected chi connectivity index (χ4v) is 4.13. The SMILES string of the molecule is NC(=O)CCC1CCC(O)([C@H](C[C@@H](O)CCc2ccccc2)C(N)=O)CC1. The molecule has 1 saturated carbocycles. The molecular formula is C21H32N2O4. The number of rotatable bonds is 10. The number of hydrogen-bond donors (Lipinski definition) is 4. The molecule has 0 radical (unpaired) electrons. The molecule has 0 spiro atoms. The monoisotopic (exact) mass is 376 g/mol. The van der Waals surface area contributed by atoms with Crippen LogP contribution in [0.1, 0.15) is 56.9 Å². The average molecular weight is 376 g/mol. The van der Waals surface area contributed by atoms with E-state index in [1.54, 1.807) is 0 Å². The molecule has 0 aromatic heterocycles. The standard InChI is InChI=1S/C21H32N2O4/c22-19(25)9-7-16-10-12-21(27,13-11-16)18(20(23)26)14-17(24)8-6-15-4-2-1-3-5-15/h1-5,16-18,24,27H,6-14H2,(H2,22,25)(H2,23,26)/t16?,17-,18+,21?/m0/s1. The zero-order valence-electron chi connectivity index (χ0n) is 15.8. The van der Waals surface area contributed by atoms with Crippen LogP contribution in [-0.2, 0) is 16.0 Å². The molecule has 1 aromatic rings. The minimum Gasteiger partial charge on any atom is -0.393 e. The Morgan fingerprint density at radius 2 is 1.78 bits per heavy atom. The molecule has 1 aliphatic carbocycles. The van der Waals surface area contributed by atoms with Gasteiger partial charge in [-0.25, -0.2) is 0 Å². The molecule has 0 saturated heterocycles. The first-order chi connectivity index (χ1) is 12.8. The summed E-state index contributed by atoms with van der Waals surface area (Å²) in [7, 11) is 0. The number of carbonyl (C=O) groups is 2. The van der Waals surface area contributed by atoms with E-state index in [1.165, 1.54) is 0 Å². The van der Waals surface area contributed by atoms with Gasteiger partial charge in [-0.3, -0.25) is 9.59 Å². The molecule has 6 N–H and O–H groups in total. The second-order valence-electron chi connectivity index (χ2n) is 7.92. The summed E-state index contributed by atoms with van der Waals surface area (Å²) < 4.78 is 0. The zero-order chi connectivity index (χ0) is 19.9. The third-order valence-electron chi connectivity index (χ3n) is 5.88. The first-order valence-corrected chi connectivity index (χ1v) is 9.82. The molecule has 2 rings (SSSR count). The van der Waals surface area contributed by atoms with Gasteiger partial charge in [0, 0.05) is 6.42 Å². The van der Waals surface area contributed by atoms with Crippen LogP contribution in [0.3, 0.4) is 0 Å². The summed E-state index contributed by atoms with van der Waals surface area (Å²) in [5, 5.41) is 21.4. The number of carbonyl (C=O) groups excluding carboxylic acids is 2. The van der Waals surface area contributed by atoms with Gasteiger partial charge in [0.2, 0.25) is 11.8 Å². The maximum atomic E-state index is 12.0. The summed E-state index contributed by atoms with van der Waals surface area (Å²) in [6.45, 7) is 0. The Labute approximate surface area is 160 Å². The van der Waals surface area contributed by atoms with Gasteiger partial charge >= 0.3 is 0 Å². The third-order valence-corrected chi connectivity index (χ3v) is 5.88. The van der Waals surface area contributed by atoms with Crippen LogP contribution in [0.25, 0.3) is 0 Å². The molecule has 0 heterocycles. The van der Waals surface area contributed by atoms with Crippen molar-refractivity contribution in [2.24, 2.45) is 23.3 Å². The Morgan fingerprint density at radius 1 is 1.15 bits per heavy atom. The van der Waals surface area contributed by atoms with Crippen LogP contribution in [-0.4, -0.2) is 33.7 Å². The van der Waals surface area contributed by atoms with E-state index in [-0.39, 0.29) is 12.3 Å². The number of aryl methyl sites for hydroxylation is 1. The predicted molar refractivity (Wildman–Crippen MR) is 103 cm³/mol. The van der Waals surface area contributed by atoms with E-state index in [2.05, 4.69) is 0 Å². The smallest absolute Gasteiger partial charge is 0.223 e. The molecule has 6 heteroatoms. The van der Waals surface area contributed by atoms with Crippen molar-refractivity contribution in [3.05, 3.63) is 35.9 Å². The molecule has 0 aliphatic heterocycles. The van der Waals surface area contributed by atoms with Gasteiger partial charge in [0.1, 0.15) is 0 Å². The second-order valence-corrected chi connectivity index (χ2v) is 7.92. The van der Waals surface area contributed by atoms with Crippen LogP contribution in [0.2, 0.25) is 0 Å². The fourth-order valence-electron chi connectivity index (χ4n) is 4.13. The van der Waals surface area contributed by atoms with Crippen LogP contribution in [0.15, 0.2) is 30.3 Å². The van der Waals surface area contributed by atoms with E-state index in [0.717, 1.165) is 18.4 Å². The van der Waals surface area contributed by atoms with E-state index in [1.807, 2.05) is 30.3 Å². The Balaban J connectivity index is 1.88. The normalized spacial score (nSPS) is 24.9. The van der Waals surface area contributed by atoms with Crippen molar-refractivity contribution in [1.29, 1.82) is 0 Å². The lowest BCUT2D eigenvalue weighted by Gasteiger charge is -2.41. The molecular weight excluding hydrogens is 344 g/mol. The summed E-state index contributed by atoms with van der Waals surface area (Å²) in [4.78, 5) is 22.9. The molecule has 27 heavy (non-hydrogen) atoms. The number of amides is 2. The fraction of sp³-hybridized carbons (Fsp3) is 0.619. The minimum atomic E-state index is -1.18. The predicted octanol–water partition coefficient (Wildman–Crippen LogP) is 1.66. The largest absolute Gasteiger partial charge is 0.393 e. The highest BCUT2D eigenvalue weighted by Crippen LogP contribution is 2.40. The van der Waals surface area contributed by atoms with Crippen molar-refractivity contribution in [2.75, 3.05) is 0 Å². The van der Waals surface area contributed by atoms with Gasteiger partial charge in [-0.2, -0.15) is 0 Å². The van der Waals surface area contributed by atoms with E-state index in [9.17, 15) is 19.8 Å². The first kappa shape index (κ1) is 21.4. The van der Waals surface area contributed by atoms with E-state index >= 15 is 0 Å². The van der Waals surface area contributed by atoms with Gasteiger partial charge in [-0.05, 0) is 62.8 Å². The van der Waals surface area contributed by atoms with Crippen molar-refractivity contribution in [3.63, 3.8) is 0 Å². The van der Waals surface area contributed by atoms with Crippen LogP contribution in [0, 0.1) is 11.8 Å². The summed E-state index contributed by atoms with van der Waals surface area (Å²) in [6.07, 6.45) is 4.13. The first-order valence-electron chi connectivity index (χ1n) is 9.82. The van der Waals surface area contributed by atoms with E-state index in [0.29, 0.717) is 44.4 Å². The maximum Gasteiger partial charge on any atom is 0.223 e. The number of hydrogen-bond acceptors (Lipinski definition) is 4. The van der Waals surface area contributed by atoms with Crippen LogP contribution >= 0.6 is 0 Å². The molecule has 0 unspecified atom stereocenters. The molecule has 150 valence electrons. The number of primary amides is 2. The molecule has 1 fully saturated rings. The average Bonchev–Trinajstić information content (AvgIpc) is 2.64. The summed E-state index contributed by atoms with van der Waals surface area (Å²) >= 11 is 0. The molecule has 1 aromatic carbocycles. The lowest BCUT2D eigenvalue weighted by atomic mass is 9.69. The lowest BCUT2D eigenvalue weighted by molar-refractivity contribution is -0.138. The van der Waals surface area contributed by atoms with Gasteiger partial charge < -0.3 is 21.7 Å². The van der Waals surface area contributed by atoms with Gasteiger partial charge in [0.15, 0.2) is 0 Å². The Hall–Kier alpha value is -1.92. The zero-order valence-corrected chi connectivity index (χ0v) is 15.8. The minimum absolute atomic E-state index is 0.171. The van der Waals surface area contributed by atoms with Gasteiger partial charge in [-0.15, -0.1) is 0 Å². The van der Waals surface area contributed by atoms with Crippen LogP contribution in [0.5, 0.6) is 0 Å². The Kier molecular flexibility index (Phi) is 7.80. The van der Waals surface area contributed by atoms with Crippen molar-refractivity contribution >= 4 is 11.8 Å². The van der Waals surface area contributed by atoms with Gasteiger partial charge in [0.05, 0.1) is 17.6 Å². The quantitative estimate of drug-likeness (QED) is 0.495.